The van der Waals surface area contributed by atoms with Crippen LogP contribution in [0.4, 0.5) is 0 Å². The van der Waals surface area contributed by atoms with Crippen molar-refractivity contribution in [2.24, 2.45) is 0 Å². The number of hydrogen-bond acceptors (Lipinski definition) is 0. The fourth-order valence-corrected chi connectivity index (χ4v) is 0. The van der Waals surface area contributed by atoms with Crippen LogP contribution in [0.1, 0.15) is 0 Å². The van der Waals surface area contributed by atoms with Crippen LogP contribution < -0.4 is 0 Å². The first kappa shape index (κ1) is 193. The molecule has 0 aromatic rings. The van der Waals surface area contributed by atoms with Gasteiger partial charge in [0.1, 0.15) is 0 Å². The van der Waals surface area contributed by atoms with Crippen molar-refractivity contribution in [2.75, 3.05) is 0 Å². The molecule has 0 heterocycles. The first-order valence-electron chi connectivity index (χ1n) is 0. The second-order valence-corrected chi connectivity index (χ2v) is 0. The van der Waals surface area contributed by atoms with E-state index in [1.54, 1.807) is 0 Å². The fourth-order valence-electron chi connectivity index (χ4n) is 0. The van der Waals surface area contributed by atoms with Crippen LogP contribution in [-0.2, 0) is 19.5 Å². The molecule has 2 nitrogen and oxygen atoms in total. The summed E-state index contributed by atoms with van der Waals surface area (Å²) < 4.78 is 0. The molecular weight excluding hydrogens is 141 g/mol. The number of hydrogen-bond donors (Lipinski definition) is 0. The minimum absolute atomic E-state index is 0. The van der Waals surface area contributed by atoms with Gasteiger partial charge in [-0.3, -0.25) is 0 Å². The monoisotopic (exact) mass is 149 g/mol. The molecule has 0 aliphatic rings. The van der Waals surface area contributed by atoms with Gasteiger partial charge >= 0.3 is 19.5 Å². The van der Waals surface area contributed by atoms with E-state index in [-0.39, 0.29) is 39.2 Å². The third-order valence-electron chi connectivity index (χ3n) is 0. The van der Waals surface area contributed by atoms with Crippen LogP contribution in [0.3, 0.4) is 0 Å². The molecule has 0 bridgehead atoms. The third kappa shape index (κ3) is 20.5. The van der Waals surface area contributed by atoms with E-state index in [0.29, 0.717) is 0 Å². The molecule has 0 aromatic carbocycles. The van der Waals surface area contributed by atoms with Gasteiger partial charge in [0, 0.05) is 0 Å². The molecule has 0 amide bonds. The maximum Gasteiger partial charge on any atom is 3.00 e. The largest absolute Gasteiger partial charge is 3.00 e. The molecule has 0 aliphatic carbocycles. The van der Waals surface area contributed by atoms with E-state index >= 15 is 0 Å². The molecule has 0 aliphatic heterocycles. The van der Waals surface area contributed by atoms with E-state index in [2.05, 4.69) is 0 Å². The van der Waals surface area contributed by atoms with Gasteiger partial charge in [0.15, 0.2) is 0 Å². The summed E-state index contributed by atoms with van der Waals surface area (Å²) >= 11 is 0. The SMILES string of the molecule is [CH3-].[NH2-].[NH2-].[Ru+3]. The van der Waals surface area contributed by atoms with Crippen molar-refractivity contribution in [3.63, 3.8) is 0 Å². The Hall–Kier alpha value is 0.543. The standard InChI is InChI=1S/CH3.2H2N.Ru/h1H3;2*1H2;/q3*-1;+3. The Morgan fingerprint density at radius 2 is 0.750 bits per heavy atom. The summed E-state index contributed by atoms with van der Waals surface area (Å²) in [5, 5.41) is 0. The topological polar surface area (TPSA) is 67.0 Å². The van der Waals surface area contributed by atoms with Gasteiger partial charge in [-0.15, -0.1) is 0 Å². The second-order valence-electron chi connectivity index (χ2n) is 0. The van der Waals surface area contributed by atoms with Gasteiger partial charge in [-0.2, -0.15) is 0 Å². The maximum absolute atomic E-state index is 0. The smallest absolute Gasteiger partial charge is 0.693 e. The van der Waals surface area contributed by atoms with Gasteiger partial charge in [-0.1, -0.05) is 0 Å². The predicted octanol–water partition coefficient (Wildman–Crippen LogP) is 1.88. The average Bonchev–Trinajstić information content (AvgIpc) is 0. The van der Waals surface area contributed by atoms with Crippen LogP contribution >= 0.6 is 0 Å². The Morgan fingerprint density at radius 1 is 0.750 bits per heavy atom. The summed E-state index contributed by atoms with van der Waals surface area (Å²) in [7, 11) is 0. The number of nitrogens with two attached hydrogens (primary N) is 2. The molecule has 4 N–H and O–H groups in total. The minimum Gasteiger partial charge on any atom is -0.693 e. The van der Waals surface area contributed by atoms with Gasteiger partial charge in [0.2, 0.25) is 0 Å². The van der Waals surface area contributed by atoms with Crippen LogP contribution in [0, 0.1) is 7.43 Å². The van der Waals surface area contributed by atoms with E-state index in [1.165, 1.54) is 0 Å². The van der Waals surface area contributed by atoms with E-state index in [1.807, 2.05) is 0 Å². The third-order valence-corrected chi connectivity index (χ3v) is 0. The van der Waals surface area contributed by atoms with Crippen LogP contribution in [0.15, 0.2) is 0 Å². The van der Waals surface area contributed by atoms with Crippen molar-refractivity contribution in [3.8, 4) is 0 Å². The quantitative estimate of drug-likeness (QED) is 0.372. The Morgan fingerprint density at radius 3 is 0.750 bits per heavy atom. The molecule has 29 valence electrons. The first-order valence-corrected chi connectivity index (χ1v) is 0. The van der Waals surface area contributed by atoms with Crippen molar-refractivity contribution in [3.05, 3.63) is 19.7 Å². The summed E-state index contributed by atoms with van der Waals surface area (Å²) in [5.41, 5.74) is 0. The second kappa shape index (κ2) is 77.6. The van der Waals surface area contributed by atoms with Gasteiger partial charge in [0.05, 0.1) is 0 Å². The summed E-state index contributed by atoms with van der Waals surface area (Å²) in [6.45, 7) is 0. The molecule has 0 saturated heterocycles. The summed E-state index contributed by atoms with van der Waals surface area (Å²) in [5.74, 6) is 0. The zero-order valence-electron chi connectivity index (χ0n) is 2.51. The molecule has 1 radical (unpaired) electrons. The molecule has 3 heteroatoms. The average molecular weight is 148 g/mol. The molecule has 0 rings (SSSR count). The first-order chi connectivity index (χ1) is 0. The van der Waals surface area contributed by atoms with E-state index in [0.717, 1.165) is 0 Å². The van der Waals surface area contributed by atoms with E-state index < -0.39 is 0 Å². The van der Waals surface area contributed by atoms with Crippen LogP contribution in [0.25, 0.3) is 12.3 Å². The fraction of sp³-hybridized carbons (Fsp3) is 0. The van der Waals surface area contributed by atoms with Gasteiger partial charge in [0.25, 0.3) is 0 Å². The Labute approximate surface area is 39.9 Å². The summed E-state index contributed by atoms with van der Waals surface area (Å²) in [4.78, 5) is 0. The van der Waals surface area contributed by atoms with Crippen molar-refractivity contribution in [1.29, 1.82) is 0 Å². The zero-order valence-corrected chi connectivity index (χ0v) is 4.25. The Bertz CT molecular complexity index is 6.00. The molecule has 0 atom stereocenters. The van der Waals surface area contributed by atoms with Crippen molar-refractivity contribution >= 4 is 0 Å². The molecule has 0 spiro atoms. The zero-order chi connectivity index (χ0) is 0. The van der Waals surface area contributed by atoms with Crippen molar-refractivity contribution in [2.45, 2.75) is 0 Å². The molecule has 0 fully saturated rings. The van der Waals surface area contributed by atoms with Gasteiger partial charge < -0.3 is 19.7 Å². The maximum atomic E-state index is 0. The van der Waals surface area contributed by atoms with E-state index in [9.17, 15) is 0 Å². The van der Waals surface area contributed by atoms with Crippen molar-refractivity contribution < 1.29 is 19.5 Å². The van der Waals surface area contributed by atoms with E-state index in [4.69, 9.17) is 0 Å². The normalized spacial score (nSPS) is 0. The molecule has 0 saturated carbocycles. The predicted molar refractivity (Wildman–Crippen MR) is 17.0 cm³/mol. The minimum atomic E-state index is 0. The molecule has 0 aromatic heterocycles. The van der Waals surface area contributed by atoms with Crippen LogP contribution in [0.2, 0.25) is 0 Å². The molecular formula is CH7N2Ru. The molecule has 0 unspecified atom stereocenters. The molecule has 4 heavy (non-hydrogen) atoms. The Kier molecular flexibility index (Phi) is 3750. The van der Waals surface area contributed by atoms with Crippen LogP contribution in [0.5, 0.6) is 0 Å². The number of rotatable bonds is 0. The summed E-state index contributed by atoms with van der Waals surface area (Å²) in [6.07, 6.45) is 0. The Balaban J connectivity index is 0. The van der Waals surface area contributed by atoms with Crippen molar-refractivity contribution in [1.82, 2.24) is 0 Å². The summed E-state index contributed by atoms with van der Waals surface area (Å²) in [6, 6.07) is 0. The van der Waals surface area contributed by atoms with Gasteiger partial charge in [-0.05, 0) is 0 Å². The van der Waals surface area contributed by atoms with Gasteiger partial charge in [-0.25, -0.2) is 0 Å². The van der Waals surface area contributed by atoms with Crippen LogP contribution in [-0.4, -0.2) is 0 Å².